The Morgan fingerprint density at radius 3 is 2.82 bits per heavy atom. The summed E-state index contributed by atoms with van der Waals surface area (Å²) in [4.78, 5) is 10.8. The topological polar surface area (TPSA) is 37.3 Å². The minimum atomic E-state index is -0.920. The molecule has 11 heavy (non-hydrogen) atoms. The molecule has 1 heterocycles. The van der Waals surface area contributed by atoms with Gasteiger partial charge in [-0.1, -0.05) is 27.5 Å². The van der Waals surface area contributed by atoms with Crippen molar-refractivity contribution in [3.63, 3.8) is 0 Å². The number of thiophene rings is 1. The summed E-state index contributed by atoms with van der Waals surface area (Å²) >= 11 is 9.88. The van der Waals surface area contributed by atoms with Crippen LogP contribution in [-0.4, -0.2) is 11.1 Å². The molecule has 0 bridgehead atoms. The van der Waals surface area contributed by atoms with E-state index < -0.39 is 5.97 Å². The predicted molar refractivity (Wildman–Crippen MR) is 48.9 cm³/mol. The highest BCUT2D eigenvalue weighted by molar-refractivity contribution is 9.08. The molecule has 0 saturated carbocycles. The molecule has 0 aliphatic heterocycles. The first-order chi connectivity index (χ1) is 5.15. The maximum absolute atomic E-state index is 10.5. The fourth-order valence-electron chi connectivity index (χ4n) is 0.675. The first kappa shape index (κ1) is 9.03. The predicted octanol–water partition coefficient (Wildman–Crippen LogP) is 2.99. The molecule has 0 aliphatic carbocycles. The summed E-state index contributed by atoms with van der Waals surface area (Å²) in [5.41, 5.74) is 0.729. The van der Waals surface area contributed by atoms with Crippen molar-refractivity contribution in [2.75, 3.05) is 0 Å². The molecule has 0 spiro atoms. The number of aromatic carboxylic acids is 1. The Hall–Kier alpha value is -0.0600. The molecule has 1 aromatic heterocycles. The Morgan fingerprint density at radius 2 is 2.45 bits per heavy atom. The van der Waals surface area contributed by atoms with Gasteiger partial charge in [0.25, 0.3) is 0 Å². The average Bonchev–Trinajstić information content (AvgIpc) is 2.30. The molecule has 0 amide bonds. The van der Waals surface area contributed by atoms with Crippen molar-refractivity contribution in [3.05, 3.63) is 20.8 Å². The normalized spacial score (nSPS) is 10.0. The summed E-state index contributed by atoms with van der Waals surface area (Å²) in [6.45, 7) is 0. The molecule has 1 rings (SSSR count). The van der Waals surface area contributed by atoms with Gasteiger partial charge in [-0.25, -0.2) is 4.79 Å². The van der Waals surface area contributed by atoms with Crippen molar-refractivity contribution < 1.29 is 9.90 Å². The van der Waals surface area contributed by atoms with Gasteiger partial charge in [0.15, 0.2) is 0 Å². The molecule has 0 unspecified atom stereocenters. The molecular formula is C6H4BrClO2S. The fraction of sp³-hybridized carbons (Fsp3) is 0.167. The van der Waals surface area contributed by atoms with E-state index in [2.05, 4.69) is 15.9 Å². The van der Waals surface area contributed by atoms with Crippen LogP contribution in [0.3, 0.4) is 0 Å². The van der Waals surface area contributed by atoms with E-state index in [-0.39, 0.29) is 0 Å². The fourth-order valence-corrected chi connectivity index (χ4v) is 2.41. The van der Waals surface area contributed by atoms with Gasteiger partial charge in [-0.15, -0.1) is 11.3 Å². The van der Waals surface area contributed by atoms with Crippen molar-refractivity contribution in [2.24, 2.45) is 0 Å². The molecule has 0 radical (unpaired) electrons. The molecule has 5 heteroatoms. The van der Waals surface area contributed by atoms with Crippen molar-refractivity contribution in [2.45, 2.75) is 5.33 Å². The van der Waals surface area contributed by atoms with Gasteiger partial charge in [0.1, 0.15) is 4.88 Å². The summed E-state index contributed by atoms with van der Waals surface area (Å²) < 4.78 is 0.511. The highest BCUT2D eigenvalue weighted by Crippen LogP contribution is 2.28. The van der Waals surface area contributed by atoms with E-state index in [1.165, 1.54) is 0 Å². The number of hydrogen-bond donors (Lipinski definition) is 1. The van der Waals surface area contributed by atoms with Crippen LogP contribution in [0.1, 0.15) is 15.2 Å². The Morgan fingerprint density at radius 1 is 1.82 bits per heavy atom. The molecule has 1 aromatic rings. The Kier molecular flexibility index (Phi) is 2.92. The number of rotatable bonds is 2. The van der Waals surface area contributed by atoms with Gasteiger partial charge in [-0.3, -0.25) is 0 Å². The second-order valence-electron chi connectivity index (χ2n) is 1.84. The molecule has 0 aromatic carbocycles. The Balaban J connectivity index is 3.12. The summed E-state index contributed by atoms with van der Waals surface area (Å²) in [6.07, 6.45) is 0. The van der Waals surface area contributed by atoms with Crippen LogP contribution in [0, 0.1) is 0 Å². The Labute approximate surface area is 80.9 Å². The lowest BCUT2D eigenvalue weighted by Gasteiger charge is -1.90. The van der Waals surface area contributed by atoms with E-state index in [1.807, 2.05) is 0 Å². The molecular weight excluding hydrogens is 251 g/mol. The number of alkyl halides is 1. The van der Waals surface area contributed by atoms with Crippen molar-refractivity contribution >= 4 is 44.8 Å². The number of carboxylic acids is 1. The summed E-state index contributed by atoms with van der Waals surface area (Å²) in [7, 11) is 0. The van der Waals surface area contributed by atoms with Crippen LogP contribution < -0.4 is 0 Å². The third-order valence-electron chi connectivity index (χ3n) is 1.12. The second kappa shape index (κ2) is 3.56. The third kappa shape index (κ3) is 1.95. The first-order valence-electron chi connectivity index (χ1n) is 2.72. The van der Waals surface area contributed by atoms with Gasteiger partial charge in [0.05, 0.1) is 4.34 Å². The van der Waals surface area contributed by atoms with Gasteiger partial charge in [0.2, 0.25) is 0 Å². The second-order valence-corrected chi connectivity index (χ2v) is 4.09. The van der Waals surface area contributed by atoms with Gasteiger partial charge in [-0.05, 0) is 11.6 Å². The summed E-state index contributed by atoms with van der Waals surface area (Å²) in [5, 5.41) is 9.17. The average molecular weight is 256 g/mol. The highest BCUT2D eigenvalue weighted by Gasteiger charge is 2.12. The molecule has 0 fully saturated rings. The number of carboxylic acid groups (broad SMARTS) is 1. The van der Waals surface area contributed by atoms with Crippen LogP contribution in [0.5, 0.6) is 0 Å². The molecule has 1 N–H and O–H groups in total. The van der Waals surface area contributed by atoms with Crippen LogP contribution in [0.15, 0.2) is 6.07 Å². The molecule has 0 aliphatic rings. The van der Waals surface area contributed by atoms with E-state index in [0.29, 0.717) is 14.5 Å². The number of carbonyl (C=O) groups is 1. The van der Waals surface area contributed by atoms with Crippen molar-refractivity contribution in [1.29, 1.82) is 0 Å². The largest absolute Gasteiger partial charge is 0.477 e. The monoisotopic (exact) mass is 254 g/mol. The van der Waals surface area contributed by atoms with E-state index in [0.717, 1.165) is 16.9 Å². The van der Waals surface area contributed by atoms with Gasteiger partial charge in [0, 0.05) is 5.33 Å². The lowest BCUT2D eigenvalue weighted by atomic mass is 10.3. The number of hydrogen-bond acceptors (Lipinski definition) is 2. The Bertz CT molecular complexity index is 284. The quantitative estimate of drug-likeness (QED) is 0.825. The lowest BCUT2D eigenvalue weighted by Crippen LogP contribution is -1.94. The highest BCUT2D eigenvalue weighted by atomic mass is 79.9. The van der Waals surface area contributed by atoms with Crippen LogP contribution in [0.4, 0.5) is 0 Å². The molecule has 60 valence electrons. The van der Waals surface area contributed by atoms with Crippen molar-refractivity contribution in [1.82, 2.24) is 0 Å². The molecule has 2 nitrogen and oxygen atoms in total. The lowest BCUT2D eigenvalue weighted by molar-refractivity contribution is 0.0701. The van der Waals surface area contributed by atoms with E-state index in [4.69, 9.17) is 16.7 Å². The van der Waals surface area contributed by atoms with E-state index in [9.17, 15) is 4.79 Å². The maximum atomic E-state index is 10.5. The zero-order valence-corrected chi connectivity index (χ0v) is 8.46. The van der Waals surface area contributed by atoms with Crippen molar-refractivity contribution in [3.8, 4) is 0 Å². The molecule has 0 saturated heterocycles. The smallest absolute Gasteiger partial charge is 0.346 e. The zero-order valence-electron chi connectivity index (χ0n) is 5.30. The zero-order chi connectivity index (χ0) is 8.43. The van der Waals surface area contributed by atoms with Gasteiger partial charge in [-0.2, -0.15) is 0 Å². The maximum Gasteiger partial charge on any atom is 0.346 e. The van der Waals surface area contributed by atoms with Gasteiger partial charge < -0.3 is 5.11 Å². The minimum absolute atomic E-state index is 0.312. The van der Waals surface area contributed by atoms with E-state index in [1.54, 1.807) is 6.07 Å². The standard InChI is InChI=1S/C6H4BrClO2S/c7-2-3-1-4(8)11-5(3)6(9)10/h1H,2H2,(H,9,10). The van der Waals surface area contributed by atoms with Crippen LogP contribution in [0.2, 0.25) is 4.34 Å². The number of halogens is 2. The van der Waals surface area contributed by atoms with Crippen LogP contribution >= 0.6 is 38.9 Å². The van der Waals surface area contributed by atoms with E-state index >= 15 is 0 Å². The van der Waals surface area contributed by atoms with Gasteiger partial charge >= 0.3 is 5.97 Å². The minimum Gasteiger partial charge on any atom is -0.477 e. The van der Waals surface area contributed by atoms with Crippen LogP contribution in [0.25, 0.3) is 0 Å². The first-order valence-corrected chi connectivity index (χ1v) is 5.04. The summed E-state index contributed by atoms with van der Waals surface area (Å²) in [6, 6.07) is 1.66. The molecule has 0 atom stereocenters. The van der Waals surface area contributed by atoms with Crippen LogP contribution in [-0.2, 0) is 5.33 Å². The third-order valence-corrected chi connectivity index (χ3v) is 3.02. The SMILES string of the molecule is O=C(O)c1sc(Cl)cc1CBr. The summed E-state index contributed by atoms with van der Waals surface area (Å²) in [5.74, 6) is -0.920.